The molecule has 1 aromatic rings. The fourth-order valence-electron chi connectivity index (χ4n) is 2.92. The number of imide groups is 1. The van der Waals surface area contributed by atoms with Gasteiger partial charge in [-0.3, -0.25) is 19.3 Å². The summed E-state index contributed by atoms with van der Waals surface area (Å²) in [5.41, 5.74) is 0.971. The number of carbonyl (C=O) groups is 2. The maximum atomic E-state index is 12.3. The molecule has 2 aliphatic heterocycles. The zero-order valence-corrected chi connectivity index (χ0v) is 11.2. The number of nitrogens with zero attached hydrogens (tertiary/aromatic N) is 2. The predicted molar refractivity (Wildman–Crippen MR) is 72.2 cm³/mol. The second-order valence-electron chi connectivity index (χ2n) is 5.03. The fourth-order valence-corrected chi connectivity index (χ4v) is 2.92. The average Bonchev–Trinajstić information content (AvgIpc) is 2.93. The minimum absolute atomic E-state index is 0.180. The van der Waals surface area contributed by atoms with Crippen LogP contribution in [0.25, 0.3) is 0 Å². The normalized spacial score (nSPS) is 29.9. The Morgan fingerprint density at radius 1 is 1.25 bits per heavy atom. The van der Waals surface area contributed by atoms with Crippen LogP contribution in [0.15, 0.2) is 43.0 Å². The molecule has 0 radical (unpaired) electrons. The Balaban J connectivity index is 2.01. The Labute approximate surface area is 117 Å². The molecule has 2 amide bonds. The lowest BCUT2D eigenvalue weighted by Crippen LogP contribution is -2.34. The van der Waals surface area contributed by atoms with Gasteiger partial charge in [0.1, 0.15) is 0 Å². The van der Waals surface area contributed by atoms with E-state index in [2.05, 4.69) is 6.58 Å². The van der Waals surface area contributed by atoms with E-state index in [1.54, 1.807) is 11.1 Å². The molecule has 0 aliphatic carbocycles. The average molecular weight is 272 g/mol. The van der Waals surface area contributed by atoms with Gasteiger partial charge in [0, 0.05) is 13.6 Å². The lowest BCUT2D eigenvalue weighted by atomic mass is 9.91. The van der Waals surface area contributed by atoms with E-state index in [1.807, 2.05) is 30.3 Å². The SMILES string of the molecule is C=CCN1O[C@H]2C(=O)N(C)C(=O)[C@H]2[C@H]1c1ccccc1. The third-order valence-electron chi connectivity index (χ3n) is 3.87. The van der Waals surface area contributed by atoms with E-state index in [-0.39, 0.29) is 17.9 Å². The molecule has 1 aromatic carbocycles. The van der Waals surface area contributed by atoms with Crippen molar-refractivity contribution in [1.29, 1.82) is 0 Å². The standard InChI is InChI=1S/C15H16N2O3/c1-3-9-17-12(10-7-5-4-6-8-10)11-13(20-17)15(19)16(2)14(11)18/h3-8,11-13H,1,9H2,2H3/t11-,12+,13+/m0/s1. The first-order valence-electron chi connectivity index (χ1n) is 6.56. The van der Waals surface area contributed by atoms with Gasteiger partial charge in [0.2, 0.25) is 5.91 Å². The van der Waals surface area contributed by atoms with Crippen molar-refractivity contribution in [2.24, 2.45) is 5.92 Å². The van der Waals surface area contributed by atoms with Crippen LogP contribution in [0.4, 0.5) is 0 Å². The quantitative estimate of drug-likeness (QED) is 0.611. The monoisotopic (exact) mass is 272 g/mol. The molecule has 2 heterocycles. The summed E-state index contributed by atoms with van der Waals surface area (Å²) in [5.74, 6) is -0.928. The van der Waals surface area contributed by atoms with E-state index < -0.39 is 12.0 Å². The number of carbonyl (C=O) groups excluding carboxylic acids is 2. The third kappa shape index (κ3) is 1.78. The van der Waals surface area contributed by atoms with Gasteiger partial charge in [-0.1, -0.05) is 36.4 Å². The Kier molecular flexibility index (Phi) is 3.16. The summed E-state index contributed by atoms with van der Waals surface area (Å²) in [5, 5.41) is 1.68. The third-order valence-corrected chi connectivity index (χ3v) is 3.87. The van der Waals surface area contributed by atoms with E-state index >= 15 is 0 Å². The number of benzene rings is 1. The molecule has 2 saturated heterocycles. The van der Waals surface area contributed by atoms with Crippen LogP contribution in [0.3, 0.4) is 0 Å². The van der Waals surface area contributed by atoms with Crippen LogP contribution in [0.5, 0.6) is 0 Å². The minimum atomic E-state index is -0.711. The van der Waals surface area contributed by atoms with Gasteiger partial charge in [-0.05, 0) is 5.56 Å². The number of hydroxylamine groups is 2. The molecule has 0 bridgehead atoms. The second kappa shape index (κ2) is 4.85. The van der Waals surface area contributed by atoms with Crippen LogP contribution in [0.1, 0.15) is 11.6 Å². The van der Waals surface area contributed by atoms with Crippen LogP contribution in [-0.2, 0) is 14.4 Å². The van der Waals surface area contributed by atoms with Gasteiger partial charge in [0.05, 0.1) is 12.0 Å². The van der Waals surface area contributed by atoms with Crippen molar-refractivity contribution in [2.75, 3.05) is 13.6 Å². The smallest absolute Gasteiger partial charge is 0.261 e. The topological polar surface area (TPSA) is 49.9 Å². The van der Waals surface area contributed by atoms with Crippen molar-refractivity contribution in [3.8, 4) is 0 Å². The number of amides is 2. The molecule has 20 heavy (non-hydrogen) atoms. The molecular weight excluding hydrogens is 256 g/mol. The summed E-state index contributed by atoms with van der Waals surface area (Å²) < 4.78 is 0. The van der Waals surface area contributed by atoms with Crippen LogP contribution < -0.4 is 0 Å². The number of hydrogen-bond donors (Lipinski definition) is 0. The van der Waals surface area contributed by atoms with Crippen LogP contribution in [-0.4, -0.2) is 41.5 Å². The van der Waals surface area contributed by atoms with E-state index in [0.717, 1.165) is 10.5 Å². The number of hydrogen-bond acceptors (Lipinski definition) is 4. The molecule has 5 nitrogen and oxygen atoms in total. The van der Waals surface area contributed by atoms with Gasteiger partial charge in [0.15, 0.2) is 6.10 Å². The van der Waals surface area contributed by atoms with Crippen molar-refractivity contribution >= 4 is 11.8 Å². The maximum absolute atomic E-state index is 12.3. The van der Waals surface area contributed by atoms with Crippen molar-refractivity contribution < 1.29 is 14.4 Å². The van der Waals surface area contributed by atoms with Crippen molar-refractivity contribution in [1.82, 2.24) is 9.96 Å². The minimum Gasteiger partial charge on any atom is -0.284 e. The predicted octanol–water partition coefficient (Wildman–Crippen LogP) is 1.14. The lowest BCUT2D eigenvalue weighted by Gasteiger charge is -2.25. The molecule has 0 N–H and O–H groups in total. The molecule has 0 spiro atoms. The van der Waals surface area contributed by atoms with Gasteiger partial charge in [0.25, 0.3) is 5.91 Å². The number of likely N-dealkylation sites (N-methyl/N-ethyl adjacent to an activating group) is 1. The highest BCUT2D eigenvalue weighted by atomic mass is 16.7. The first-order chi connectivity index (χ1) is 9.65. The van der Waals surface area contributed by atoms with Gasteiger partial charge in [-0.2, -0.15) is 5.06 Å². The molecular formula is C15H16N2O3. The summed E-state index contributed by atoms with van der Waals surface area (Å²) >= 11 is 0. The van der Waals surface area contributed by atoms with Gasteiger partial charge in [-0.25, -0.2) is 0 Å². The van der Waals surface area contributed by atoms with Crippen LogP contribution >= 0.6 is 0 Å². The number of fused-ring (bicyclic) bond motifs is 1. The molecule has 3 atom stereocenters. The fraction of sp³-hybridized carbons (Fsp3) is 0.333. The molecule has 0 saturated carbocycles. The summed E-state index contributed by atoms with van der Waals surface area (Å²) in [4.78, 5) is 31.2. The van der Waals surface area contributed by atoms with Crippen molar-refractivity contribution in [3.63, 3.8) is 0 Å². The zero-order chi connectivity index (χ0) is 14.3. The van der Waals surface area contributed by atoms with Crippen LogP contribution in [0, 0.1) is 5.92 Å². The van der Waals surface area contributed by atoms with Gasteiger partial charge < -0.3 is 0 Å². The van der Waals surface area contributed by atoms with E-state index in [4.69, 9.17) is 4.84 Å². The largest absolute Gasteiger partial charge is 0.284 e. The summed E-state index contributed by atoms with van der Waals surface area (Å²) in [6.07, 6.45) is 0.994. The molecule has 3 rings (SSSR count). The Bertz CT molecular complexity index is 557. The Morgan fingerprint density at radius 3 is 2.60 bits per heavy atom. The van der Waals surface area contributed by atoms with E-state index in [1.165, 1.54) is 7.05 Å². The highest BCUT2D eigenvalue weighted by Crippen LogP contribution is 2.43. The van der Waals surface area contributed by atoms with E-state index in [9.17, 15) is 9.59 Å². The highest BCUT2D eigenvalue weighted by molar-refractivity contribution is 6.07. The number of likely N-dealkylation sites (tertiary alicyclic amines) is 1. The molecule has 2 aliphatic rings. The molecule has 2 fully saturated rings. The van der Waals surface area contributed by atoms with Crippen LogP contribution in [0.2, 0.25) is 0 Å². The lowest BCUT2D eigenvalue weighted by molar-refractivity contribution is -0.174. The summed E-state index contributed by atoms with van der Waals surface area (Å²) in [6, 6.07) is 9.40. The molecule has 0 aromatic heterocycles. The second-order valence-corrected chi connectivity index (χ2v) is 5.03. The van der Waals surface area contributed by atoms with Crippen molar-refractivity contribution in [2.45, 2.75) is 12.1 Å². The van der Waals surface area contributed by atoms with E-state index in [0.29, 0.717) is 6.54 Å². The van der Waals surface area contributed by atoms with Gasteiger partial charge in [-0.15, -0.1) is 6.58 Å². The molecule has 104 valence electrons. The maximum Gasteiger partial charge on any atom is 0.261 e. The molecule has 5 heteroatoms. The zero-order valence-electron chi connectivity index (χ0n) is 11.2. The summed E-state index contributed by atoms with van der Waals surface area (Å²) in [7, 11) is 1.51. The highest BCUT2D eigenvalue weighted by Gasteiger charge is 2.58. The van der Waals surface area contributed by atoms with Gasteiger partial charge >= 0.3 is 0 Å². The number of rotatable bonds is 3. The first-order valence-corrected chi connectivity index (χ1v) is 6.56. The molecule has 0 unspecified atom stereocenters. The van der Waals surface area contributed by atoms with Crippen molar-refractivity contribution in [3.05, 3.63) is 48.6 Å². The Morgan fingerprint density at radius 2 is 1.95 bits per heavy atom. The Hall–Kier alpha value is -1.98. The first kappa shape index (κ1) is 13.0. The summed E-state index contributed by atoms with van der Waals surface area (Å²) in [6.45, 7) is 4.17.